The average Bonchev–Trinajstić information content (AvgIpc) is 2.07. The monoisotopic (exact) mass is 199 g/mol. The Labute approximate surface area is 86.4 Å². The van der Waals surface area contributed by atoms with Crippen molar-refractivity contribution < 1.29 is 9.63 Å². The summed E-state index contributed by atoms with van der Waals surface area (Å²) in [6, 6.07) is 0. The molecule has 3 heteroatoms. The minimum absolute atomic E-state index is 0.132. The van der Waals surface area contributed by atoms with Gasteiger partial charge in [-0.2, -0.15) is 0 Å². The molecular weight excluding hydrogens is 178 g/mol. The van der Waals surface area contributed by atoms with Gasteiger partial charge in [0.2, 0.25) is 0 Å². The fraction of sp³-hybridized carbons (Fsp3) is 0.909. The summed E-state index contributed by atoms with van der Waals surface area (Å²) in [5.74, 6) is 0.631. The van der Waals surface area contributed by atoms with E-state index in [0.29, 0.717) is 0 Å². The highest BCUT2D eigenvalue weighted by Crippen LogP contribution is 2.20. The van der Waals surface area contributed by atoms with Crippen molar-refractivity contribution in [3.63, 3.8) is 0 Å². The van der Waals surface area contributed by atoms with Crippen molar-refractivity contribution in [1.29, 1.82) is 0 Å². The molecule has 0 radical (unpaired) electrons. The molecule has 1 fully saturated rings. The quantitative estimate of drug-likeness (QED) is 0.648. The van der Waals surface area contributed by atoms with E-state index in [1.54, 1.807) is 5.06 Å². The molecule has 0 saturated carbocycles. The summed E-state index contributed by atoms with van der Waals surface area (Å²) in [5.41, 5.74) is -0.400. The zero-order valence-electron chi connectivity index (χ0n) is 9.67. The molecule has 3 nitrogen and oxygen atoms in total. The third-order valence-electron chi connectivity index (χ3n) is 2.57. The smallest absolute Gasteiger partial charge is 0.330 e. The molecule has 1 aliphatic heterocycles. The Hall–Kier alpha value is -0.570. The molecule has 0 spiro atoms. The van der Waals surface area contributed by atoms with E-state index < -0.39 is 5.41 Å². The van der Waals surface area contributed by atoms with E-state index in [2.05, 4.69) is 6.92 Å². The first-order valence-corrected chi connectivity index (χ1v) is 5.37. The number of carbonyl (C=O) groups is 1. The Balaban J connectivity index is 2.35. The molecule has 14 heavy (non-hydrogen) atoms. The van der Waals surface area contributed by atoms with Gasteiger partial charge in [0.1, 0.15) is 0 Å². The number of rotatable bonds is 1. The Bertz CT molecular complexity index is 200. The summed E-state index contributed by atoms with van der Waals surface area (Å²) in [6.45, 7) is 9.63. The van der Waals surface area contributed by atoms with Crippen molar-refractivity contribution >= 4 is 5.97 Å². The fourth-order valence-corrected chi connectivity index (χ4v) is 1.33. The first-order chi connectivity index (χ1) is 6.39. The molecular formula is C11H21NO2. The number of nitrogens with zero attached hydrogens (tertiary/aromatic N) is 1. The molecule has 0 atom stereocenters. The highest BCUT2D eigenvalue weighted by molar-refractivity contribution is 5.75. The second-order valence-electron chi connectivity index (χ2n) is 5.24. The summed E-state index contributed by atoms with van der Waals surface area (Å²) in [6.07, 6.45) is 2.24. The van der Waals surface area contributed by atoms with Crippen LogP contribution in [0.15, 0.2) is 0 Å². The molecule has 0 N–H and O–H groups in total. The van der Waals surface area contributed by atoms with Crippen molar-refractivity contribution in [2.45, 2.75) is 40.5 Å². The Kier molecular flexibility index (Phi) is 3.53. The predicted molar refractivity (Wildman–Crippen MR) is 55.5 cm³/mol. The van der Waals surface area contributed by atoms with Gasteiger partial charge >= 0.3 is 5.97 Å². The molecule has 0 aromatic carbocycles. The Morgan fingerprint density at radius 1 is 1.29 bits per heavy atom. The van der Waals surface area contributed by atoms with Gasteiger partial charge in [-0.15, -0.1) is 5.06 Å². The van der Waals surface area contributed by atoms with Crippen LogP contribution in [0.2, 0.25) is 0 Å². The lowest BCUT2D eigenvalue weighted by Gasteiger charge is -2.30. The van der Waals surface area contributed by atoms with Crippen molar-refractivity contribution in [3.05, 3.63) is 0 Å². The molecule has 0 bridgehead atoms. The van der Waals surface area contributed by atoms with Gasteiger partial charge in [-0.05, 0) is 39.5 Å². The molecule has 0 unspecified atom stereocenters. The van der Waals surface area contributed by atoms with Crippen molar-refractivity contribution in [1.82, 2.24) is 5.06 Å². The van der Waals surface area contributed by atoms with Crippen LogP contribution in [-0.2, 0) is 9.63 Å². The fourth-order valence-electron chi connectivity index (χ4n) is 1.33. The van der Waals surface area contributed by atoms with Gasteiger partial charge in [-0.25, -0.2) is 4.79 Å². The van der Waals surface area contributed by atoms with E-state index in [4.69, 9.17) is 4.84 Å². The lowest BCUT2D eigenvalue weighted by atomic mass is 9.97. The Morgan fingerprint density at radius 2 is 1.79 bits per heavy atom. The van der Waals surface area contributed by atoms with Crippen LogP contribution < -0.4 is 0 Å². The van der Waals surface area contributed by atoms with E-state index in [1.165, 1.54) is 0 Å². The van der Waals surface area contributed by atoms with Gasteiger partial charge in [0, 0.05) is 13.1 Å². The van der Waals surface area contributed by atoms with Crippen LogP contribution in [0.3, 0.4) is 0 Å². The SMILES string of the molecule is CC1CCN(OC(=O)C(C)(C)C)CC1. The van der Waals surface area contributed by atoms with Crippen LogP contribution >= 0.6 is 0 Å². The zero-order chi connectivity index (χ0) is 10.8. The zero-order valence-corrected chi connectivity index (χ0v) is 9.67. The third kappa shape index (κ3) is 3.29. The topological polar surface area (TPSA) is 29.5 Å². The first kappa shape index (κ1) is 11.5. The highest BCUT2D eigenvalue weighted by Gasteiger charge is 2.27. The summed E-state index contributed by atoms with van der Waals surface area (Å²) in [4.78, 5) is 16.8. The molecule has 1 heterocycles. The molecule has 82 valence electrons. The molecule has 0 amide bonds. The maximum atomic E-state index is 11.6. The van der Waals surface area contributed by atoms with Crippen LogP contribution in [0.1, 0.15) is 40.5 Å². The lowest BCUT2D eigenvalue weighted by molar-refractivity contribution is -0.205. The number of piperidine rings is 1. The summed E-state index contributed by atoms with van der Waals surface area (Å²) < 4.78 is 0. The van der Waals surface area contributed by atoms with Gasteiger partial charge in [0.05, 0.1) is 5.41 Å². The van der Waals surface area contributed by atoms with Crippen molar-refractivity contribution in [3.8, 4) is 0 Å². The summed E-state index contributed by atoms with van der Waals surface area (Å²) in [5, 5.41) is 1.80. The second kappa shape index (κ2) is 4.30. The van der Waals surface area contributed by atoms with E-state index >= 15 is 0 Å². The second-order valence-corrected chi connectivity index (χ2v) is 5.24. The minimum atomic E-state index is -0.400. The maximum Gasteiger partial charge on any atom is 0.330 e. The van der Waals surface area contributed by atoms with Gasteiger partial charge in [-0.3, -0.25) is 0 Å². The van der Waals surface area contributed by atoms with Crippen molar-refractivity contribution in [2.75, 3.05) is 13.1 Å². The lowest BCUT2D eigenvalue weighted by Crippen LogP contribution is -2.38. The third-order valence-corrected chi connectivity index (χ3v) is 2.57. The molecule has 1 aliphatic rings. The van der Waals surface area contributed by atoms with Gasteiger partial charge in [-0.1, -0.05) is 6.92 Å². The Morgan fingerprint density at radius 3 is 2.21 bits per heavy atom. The molecule has 1 saturated heterocycles. The average molecular weight is 199 g/mol. The van der Waals surface area contributed by atoms with Gasteiger partial charge in [0.15, 0.2) is 0 Å². The van der Waals surface area contributed by atoms with Crippen molar-refractivity contribution in [2.24, 2.45) is 11.3 Å². The molecule has 1 rings (SSSR count). The largest absolute Gasteiger partial charge is 0.367 e. The number of hydrogen-bond acceptors (Lipinski definition) is 3. The normalized spacial score (nSPS) is 20.9. The number of hydrogen-bond donors (Lipinski definition) is 0. The maximum absolute atomic E-state index is 11.6. The molecule has 0 aromatic rings. The number of carbonyl (C=O) groups excluding carboxylic acids is 1. The van der Waals surface area contributed by atoms with Gasteiger partial charge in [0.25, 0.3) is 0 Å². The summed E-state index contributed by atoms with van der Waals surface area (Å²) in [7, 11) is 0. The van der Waals surface area contributed by atoms with E-state index in [-0.39, 0.29) is 5.97 Å². The van der Waals surface area contributed by atoms with E-state index in [0.717, 1.165) is 31.8 Å². The van der Waals surface area contributed by atoms with Crippen LogP contribution in [-0.4, -0.2) is 24.1 Å². The number of hydroxylamine groups is 2. The molecule has 0 aromatic heterocycles. The van der Waals surface area contributed by atoms with E-state index in [1.807, 2.05) is 20.8 Å². The van der Waals surface area contributed by atoms with Gasteiger partial charge < -0.3 is 4.84 Å². The summed E-state index contributed by atoms with van der Waals surface area (Å²) >= 11 is 0. The van der Waals surface area contributed by atoms with Crippen LogP contribution in [0.25, 0.3) is 0 Å². The van der Waals surface area contributed by atoms with Crippen LogP contribution in [0.4, 0.5) is 0 Å². The highest BCUT2D eigenvalue weighted by atomic mass is 16.7. The molecule has 0 aliphatic carbocycles. The minimum Gasteiger partial charge on any atom is -0.367 e. The van der Waals surface area contributed by atoms with Crippen LogP contribution in [0, 0.1) is 11.3 Å². The van der Waals surface area contributed by atoms with Crippen LogP contribution in [0.5, 0.6) is 0 Å². The predicted octanol–water partition coefficient (Wildman–Crippen LogP) is 2.22. The standard InChI is InChI=1S/C11H21NO2/c1-9-5-7-12(8-6-9)14-10(13)11(2,3)4/h9H,5-8H2,1-4H3. The first-order valence-electron chi connectivity index (χ1n) is 5.37. The van der Waals surface area contributed by atoms with E-state index in [9.17, 15) is 4.79 Å².